The van der Waals surface area contributed by atoms with Crippen molar-refractivity contribution in [2.75, 3.05) is 44.2 Å². The number of carbonyl (C=O) groups is 1. The van der Waals surface area contributed by atoms with Crippen molar-refractivity contribution < 1.29 is 9.18 Å². The number of halogens is 1. The molecule has 0 unspecified atom stereocenters. The molecule has 2 aliphatic rings. The lowest BCUT2D eigenvalue weighted by Crippen LogP contribution is -2.47. The van der Waals surface area contributed by atoms with Crippen LogP contribution in [0.15, 0.2) is 54.6 Å². The minimum atomic E-state index is -0.276. The van der Waals surface area contributed by atoms with E-state index in [0.717, 1.165) is 75.4 Å². The van der Waals surface area contributed by atoms with E-state index in [2.05, 4.69) is 50.5 Å². The van der Waals surface area contributed by atoms with Crippen LogP contribution in [0.2, 0.25) is 0 Å². The van der Waals surface area contributed by atoms with Crippen LogP contribution in [0.4, 0.5) is 10.1 Å². The van der Waals surface area contributed by atoms with Crippen molar-refractivity contribution >= 4 is 11.6 Å². The highest BCUT2D eigenvalue weighted by Gasteiger charge is 2.27. The fraction of sp³-hybridized carbons (Fsp3) is 0.385. The van der Waals surface area contributed by atoms with Gasteiger partial charge in [-0.3, -0.25) is 9.69 Å². The normalized spacial score (nSPS) is 16.1. The highest BCUT2D eigenvalue weighted by molar-refractivity contribution is 5.94. The molecule has 1 aliphatic heterocycles. The molecule has 0 atom stereocenters. The van der Waals surface area contributed by atoms with Gasteiger partial charge in [-0.2, -0.15) is 5.10 Å². The molecule has 7 heteroatoms. The number of nitrogens with one attached hydrogen (secondary N) is 1. The zero-order chi connectivity index (χ0) is 22.6. The number of para-hydroxylation sites is 1. The van der Waals surface area contributed by atoms with Crippen molar-refractivity contribution in [1.82, 2.24) is 20.0 Å². The number of benzene rings is 2. The van der Waals surface area contributed by atoms with Crippen LogP contribution in [-0.2, 0) is 12.8 Å². The smallest absolute Gasteiger partial charge is 0.272 e. The van der Waals surface area contributed by atoms with E-state index < -0.39 is 0 Å². The molecule has 1 aromatic heterocycles. The molecular weight excluding hydrogens is 417 g/mol. The van der Waals surface area contributed by atoms with Gasteiger partial charge in [0.25, 0.3) is 5.91 Å². The Kier molecular flexibility index (Phi) is 6.39. The average molecular weight is 448 g/mol. The van der Waals surface area contributed by atoms with Gasteiger partial charge in [-0.25, -0.2) is 9.07 Å². The van der Waals surface area contributed by atoms with Crippen LogP contribution in [0.3, 0.4) is 0 Å². The van der Waals surface area contributed by atoms with Gasteiger partial charge in [0, 0.05) is 49.7 Å². The molecule has 0 saturated carbocycles. The van der Waals surface area contributed by atoms with Gasteiger partial charge in [-0.05, 0) is 68.6 Å². The predicted octanol–water partition coefficient (Wildman–Crippen LogP) is 3.44. The first kappa shape index (κ1) is 21.6. The van der Waals surface area contributed by atoms with Crippen molar-refractivity contribution in [3.63, 3.8) is 0 Å². The Balaban J connectivity index is 1.12. The van der Waals surface area contributed by atoms with Crippen LogP contribution in [0.1, 0.15) is 34.6 Å². The average Bonchev–Trinajstić information content (AvgIpc) is 3.46. The summed E-state index contributed by atoms with van der Waals surface area (Å²) in [5.41, 5.74) is 4.71. The van der Waals surface area contributed by atoms with Crippen LogP contribution in [-0.4, -0.2) is 59.9 Å². The van der Waals surface area contributed by atoms with Crippen molar-refractivity contribution in [3.05, 3.63) is 77.4 Å². The summed E-state index contributed by atoms with van der Waals surface area (Å²) in [7, 11) is 0. The first-order chi connectivity index (χ1) is 16.2. The van der Waals surface area contributed by atoms with Crippen LogP contribution in [0.25, 0.3) is 5.69 Å². The highest BCUT2D eigenvalue weighted by Crippen LogP contribution is 2.28. The van der Waals surface area contributed by atoms with E-state index in [1.807, 2.05) is 4.68 Å². The summed E-state index contributed by atoms with van der Waals surface area (Å²) in [6, 6.07) is 16.8. The molecular formula is C26H30FN5O. The topological polar surface area (TPSA) is 53.4 Å². The van der Waals surface area contributed by atoms with Gasteiger partial charge in [0.05, 0.1) is 5.69 Å². The summed E-state index contributed by atoms with van der Waals surface area (Å²) in [6.07, 6.45) is 3.69. The third-order valence-corrected chi connectivity index (χ3v) is 6.65. The second kappa shape index (κ2) is 9.75. The minimum Gasteiger partial charge on any atom is -0.369 e. The quantitative estimate of drug-likeness (QED) is 0.564. The SMILES string of the molecule is O=C(NCCCN1CCN(c2ccccc2)CC1)c1nn(-c2ccc(F)cc2)c2c1CCC2. The first-order valence-electron chi connectivity index (χ1n) is 11.9. The van der Waals surface area contributed by atoms with Crippen molar-refractivity contribution in [3.8, 4) is 5.69 Å². The molecule has 2 heterocycles. The van der Waals surface area contributed by atoms with Gasteiger partial charge in [0.1, 0.15) is 5.82 Å². The highest BCUT2D eigenvalue weighted by atomic mass is 19.1. The first-order valence-corrected chi connectivity index (χ1v) is 11.9. The van der Waals surface area contributed by atoms with Crippen LogP contribution >= 0.6 is 0 Å². The molecule has 1 saturated heterocycles. The largest absolute Gasteiger partial charge is 0.369 e. The van der Waals surface area contributed by atoms with Crippen molar-refractivity contribution in [2.24, 2.45) is 0 Å². The molecule has 0 radical (unpaired) electrons. The van der Waals surface area contributed by atoms with E-state index in [-0.39, 0.29) is 11.7 Å². The van der Waals surface area contributed by atoms with E-state index in [1.54, 1.807) is 12.1 Å². The number of amides is 1. The summed E-state index contributed by atoms with van der Waals surface area (Å²) >= 11 is 0. The second-order valence-corrected chi connectivity index (χ2v) is 8.79. The molecule has 1 aliphatic carbocycles. The van der Waals surface area contributed by atoms with E-state index in [9.17, 15) is 9.18 Å². The second-order valence-electron chi connectivity index (χ2n) is 8.79. The summed E-state index contributed by atoms with van der Waals surface area (Å²) in [5.74, 6) is -0.384. The summed E-state index contributed by atoms with van der Waals surface area (Å²) < 4.78 is 15.1. The predicted molar refractivity (Wildman–Crippen MR) is 128 cm³/mol. The molecule has 6 nitrogen and oxygen atoms in total. The van der Waals surface area contributed by atoms with Crippen molar-refractivity contribution in [2.45, 2.75) is 25.7 Å². The van der Waals surface area contributed by atoms with E-state index in [4.69, 9.17) is 0 Å². The Bertz CT molecular complexity index is 1090. The van der Waals surface area contributed by atoms with Crippen LogP contribution in [0, 0.1) is 5.82 Å². The number of nitrogens with zero attached hydrogens (tertiary/aromatic N) is 4. The minimum absolute atomic E-state index is 0.108. The number of hydrogen-bond acceptors (Lipinski definition) is 4. The third-order valence-electron chi connectivity index (χ3n) is 6.65. The van der Waals surface area contributed by atoms with Crippen molar-refractivity contribution in [1.29, 1.82) is 0 Å². The molecule has 1 N–H and O–H groups in total. The lowest BCUT2D eigenvalue weighted by Gasteiger charge is -2.36. The number of aromatic nitrogens is 2. The Hall–Kier alpha value is -3.19. The Morgan fingerprint density at radius 1 is 0.939 bits per heavy atom. The van der Waals surface area contributed by atoms with Gasteiger partial charge in [-0.1, -0.05) is 18.2 Å². The number of hydrogen-bond donors (Lipinski definition) is 1. The molecule has 172 valence electrons. The fourth-order valence-electron chi connectivity index (χ4n) is 4.87. The van der Waals surface area contributed by atoms with Gasteiger partial charge in [0.2, 0.25) is 0 Å². The molecule has 1 fully saturated rings. The molecule has 2 aromatic carbocycles. The Labute approximate surface area is 194 Å². The maximum absolute atomic E-state index is 13.3. The number of anilines is 1. The molecule has 1 amide bonds. The molecule has 5 rings (SSSR count). The molecule has 3 aromatic rings. The van der Waals surface area contributed by atoms with E-state index in [1.165, 1.54) is 17.8 Å². The van der Waals surface area contributed by atoms with Gasteiger partial charge < -0.3 is 10.2 Å². The zero-order valence-corrected chi connectivity index (χ0v) is 18.8. The maximum atomic E-state index is 13.3. The van der Waals surface area contributed by atoms with Gasteiger partial charge >= 0.3 is 0 Å². The molecule has 0 bridgehead atoms. The lowest BCUT2D eigenvalue weighted by molar-refractivity contribution is 0.0945. The number of piperazine rings is 1. The van der Waals surface area contributed by atoms with Gasteiger partial charge in [0.15, 0.2) is 5.69 Å². The Morgan fingerprint density at radius 3 is 2.45 bits per heavy atom. The Morgan fingerprint density at radius 2 is 1.70 bits per heavy atom. The fourth-order valence-corrected chi connectivity index (χ4v) is 4.87. The summed E-state index contributed by atoms with van der Waals surface area (Å²) in [4.78, 5) is 17.8. The van der Waals surface area contributed by atoms with E-state index in [0.29, 0.717) is 12.2 Å². The number of carbonyl (C=O) groups excluding carboxylic acids is 1. The zero-order valence-electron chi connectivity index (χ0n) is 18.8. The van der Waals surface area contributed by atoms with Crippen LogP contribution < -0.4 is 10.2 Å². The van der Waals surface area contributed by atoms with Crippen LogP contribution in [0.5, 0.6) is 0 Å². The third kappa shape index (κ3) is 4.78. The number of rotatable bonds is 7. The van der Waals surface area contributed by atoms with E-state index >= 15 is 0 Å². The lowest BCUT2D eigenvalue weighted by atomic mass is 10.2. The summed E-state index contributed by atoms with van der Waals surface area (Å²) in [5, 5.41) is 7.67. The number of fused-ring (bicyclic) bond motifs is 1. The monoisotopic (exact) mass is 447 g/mol. The molecule has 33 heavy (non-hydrogen) atoms. The molecule has 0 spiro atoms. The maximum Gasteiger partial charge on any atom is 0.272 e. The summed E-state index contributed by atoms with van der Waals surface area (Å²) in [6.45, 7) is 5.75. The standard InChI is InChI=1S/C26H30FN5O/c27-20-10-12-22(13-11-20)32-24-9-4-8-23(24)25(29-32)26(33)28-14-5-15-30-16-18-31(19-17-30)21-6-2-1-3-7-21/h1-3,6-7,10-13H,4-5,8-9,14-19H2,(H,28,33). The van der Waals surface area contributed by atoms with Gasteiger partial charge in [-0.15, -0.1) is 0 Å².